The number of rotatable bonds is 4. The minimum Gasteiger partial charge on any atom is -0.465 e. The number of carbonyl (C=O) groups is 1. The number of hydrogen-bond donors (Lipinski definition) is 4. The van der Waals surface area contributed by atoms with Gasteiger partial charge in [-0.1, -0.05) is 22.9 Å². The molecule has 130 valence electrons. The van der Waals surface area contributed by atoms with E-state index in [-0.39, 0.29) is 10.6 Å². The molecule has 0 aliphatic rings. The van der Waals surface area contributed by atoms with Crippen LogP contribution in [0.5, 0.6) is 0 Å². The van der Waals surface area contributed by atoms with Crippen LogP contribution in [-0.2, 0) is 0 Å². The molecule has 0 saturated heterocycles. The van der Waals surface area contributed by atoms with Crippen molar-refractivity contribution in [2.24, 2.45) is 0 Å². The lowest BCUT2D eigenvalue weighted by Crippen LogP contribution is -2.19. The Morgan fingerprint density at radius 2 is 2.20 bits per heavy atom. The number of amides is 1. The first kappa shape index (κ1) is 17.2. The van der Waals surface area contributed by atoms with Crippen LogP contribution >= 0.6 is 22.9 Å². The Balaban J connectivity index is 1.88. The number of anilines is 2. The Hall–Kier alpha value is -2.65. The van der Waals surface area contributed by atoms with Gasteiger partial charge in [-0.05, 0) is 25.1 Å². The normalized spacial score (nSPS) is 12.1. The zero-order valence-corrected chi connectivity index (χ0v) is 14.3. The molecule has 1 atom stereocenters. The number of benzene rings is 1. The Morgan fingerprint density at radius 3 is 2.92 bits per heavy atom. The molecule has 0 aliphatic heterocycles. The van der Waals surface area contributed by atoms with Crippen LogP contribution in [0.15, 0.2) is 29.2 Å². The van der Waals surface area contributed by atoms with Crippen LogP contribution < -0.4 is 16.2 Å². The molecule has 4 N–H and O–H groups in total. The van der Waals surface area contributed by atoms with E-state index >= 15 is 0 Å². The zero-order chi connectivity index (χ0) is 18.1. The summed E-state index contributed by atoms with van der Waals surface area (Å²) in [4.78, 5) is 29.5. The highest BCUT2D eigenvalue weighted by Gasteiger charge is 2.14. The first-order valence-electron chi connectivity index (χ1n) is 7.08. The molecule has 1 amide bonds. The SMILES string of the molecule is CC(Nc1ncc(NC(=O)O)s1)c1cc2cc(Cl)c(F)cc2[nH]c1=O. The number of nitrogens with one attached hydrogen (secondary N) is 3. The average molecular weight is 383 g/mol. The van der Waals surface area contributed by atoms with E-state index in [1.807, 2.05) is 0 Å². The van der Waals surface area contributed by atoms with E-state index < -0.39 is 18.0 Å². The van der Waals surface area contributed by atoms with Crippen LogP contribution in [0.4, 0.5) is 19.3 Å². The van der Waals surface area contributed by atoms with E-state index in [9.17, 15) is 14.0 Å². The summed E-state index contributed by atoms with van der Waals surface area (Å²) in [5, 5.41) is 15.3. The van der Waals surface area contributed by atoms with E-state index in [1.54, 1.807) is 13.0 Å². The summed E-state index contributed by atoms with van der Waals surface area (Å²) in [5.74, 6) is -0.606. The predicted octanol–water partition coefficient (Wildman–Crippen LogP) is 4.04. The maximum absolute atomic E-state index is 13.5. The van der Waals surface area contributed by atoms with Crippen molar-refractivity contribution in [1.29, 1.82) is 0 Å². The van der Waals surface area contributed by atoms with Gasteiger partial charge in [-0.3, -0.25) is 10.1 Å². The number of pyridine rings is 1. The van der Waals surface area contributed by atoms with Crippen molar-refractivity contribution in [3.63, 3.8) is 0 Å². The lowest BCUT2D eigenvalue weighted by atomic mass is 10.1. The fourth-order valence-corrected chi connectivity index (χ4v) is 3.27. The second-order valence-corrected chi connectivity index (χ2v) is 6.67. The monoisotopic (exact) mass is 382 g/mol. The van der Waals surface area contributed by atoms with Gasteiger partial charge in [0.2, 0.25) is 0 Å². The number of aromatic nitrogens is 2. The molecule has 0 fully saturated rings. The summed E-state index contributed by atoms with van der Waals surface area (Å²) in [6, 6.07) is 3.82. The third kappa shape index (κ3) is 3.72. The number of thiazole rings is 1. The van der Waals surface area contributed by atoms with Gasteiger partial charge in [0, 0.05) is 10.9 Å². The number of carboxylic acid groups (broad SMARTS) is 1. The molecule has 3 aromatic rings. The fourth-order valence-electron chi connectivity index (χ4n) is 2.31. The standard InChI is InChI=1S/C15H12ClFN4O3S/c1-6(19-14-18-5-12(25-14)21-15(23)24)8-2-7-3-9(16)10(17)4-11(7)20-13(8)22/h2-6,21H,1H3,(H,18,19)(H,20,22)(H,23,24). The summed E-state index contributed by atoms with van der Waals surface area (Å²) in [5.41, 5.74) is 0.401. The largest absolute Gasteiger partial charge is 0.465 e. The van der Waals surface area contributed by atoms with Crippen molar-refractivity contribution in [3.8, 4) is 0 Å². The molecule has 0 aliphatic carbocycles. The van der Waals surface area contributed by atoms with Crippen molar-refractivity contribution in [2.75, 3.05) is 10.6 Å². The molecule has 3 rings (SSSR count). The number of fused-ring (bicyclic) bond motifs is 1. The number of nitrogens with zero attached hydrogens (tertiary/aromatic N) is 1. The van der Waals surface area contributed by atoms with Crippen LogP contribution in [0.25, 0.3) is 10.9 Å². The number of aromatic amines is 1. The smallest absolute Gasteiger partial charge is 0.409 e. The molecule has 1 unspecified atom stereocenters. The molecule has 7 nitrogen and oxygen atoms in total. The third-order valence-electron chi connectivity index (χ3n) is 3.46. The first-order valence-corrected chi connectivity index (χ1v) is 8.27. The maximum atomic E-state index is 13.5. The summed E-state index contributed by atoms with van der Waals surface area (Å²) in [7, 11) is 0. The van der Waals surface area contributed by atoms with Gasteiger partial charge in [0.05, 0.1) is 22.8 Å². The van der Waals surface area contributed by atoms with Gasteiger partial charge >= 0.3 is 6.09 Å². The van der Waals surface area contributed by atoms with Crippen LogP contribution in [0.2, 0.25) is 5.02 Å². The number of hydrogen-bond acceptors (Lipinski definition) is 5. The number of H-pyrrole nitrogens is 1. The topological polar surface area (TPSA) is 107 Å². The number of halogens is 2. The minimum absolute atomic E-state index is 0.0320. The first-order chi connectivity index (χ1) is 11.8. The molecule has 0 bridgehead atoms. The molecule has 2 heterocycles. The summed E-state index contributed by atoms with van der Waals surface area (Å²) in [6.45, 7) is 1.76. The Bertz CT molecular complexity index is 1020. The van der Waals surface area contributed by atoms with Gasteiger partial charge in [0.25, 0.3) is 5.56 Å². The van der Waals surface area contributed by atoms with Gasteiger partial charge in [0.15, 0.2) is 5.13 Å². The van der Waals surface area contributed by atoms with E-state index in [4.69, 9.17) is 16.7 Å². The second kappa shape index (κ2) is 6.69. The van der Waals surface area contributed by atoms with Crippen molar-refractivity contribution in [3.05, 3.63) is 51.2 Å². The Morgan fingerprint density at radius 1 is 1.44 bits per heavy atom. The molecule has 0 spiro atoms. The van der Waals surface area contributed by atoms with Crippen LogP contribution in [0.3, 0.4) is 0 Å². The summed E-state index contributed by atoms with van der Waals surface area (Å²) >= 11 is 6.89. The third-order valence-corrected chi connectivity index (χ3v) is 4.59. The quantitative estimate of drug-likeness (QED) is 0.544. The van der Waals surface area contributed by atoms with Crippen LogP contribution in [0, 0.1) is 5.82 Å². The molecule has 0 saturated carbocycles. The van der Waals surface area contributed by atoms with E-state index in [0.29, 0.717) is 26.6 Å². The van der Waals surface area contributed by atoms with E-state index in [0.717, 1.165) is 11.3 Å². The Kier molecular flexibility index (Phi) is 4.60. The molecular formula is C15H12ClFN4O3S. The van der Waals surface area contributed by atoms with Gasteiger partial charge in [-0.25, -0.2) is 14.2 Å². The average Bonchev–Trinajstić information content (AvgIpc) is 2.94. The lowest BCUT2D eigenvalue weighted by Gasteiger charge is -2.13. The molecule has 2 aromatic heterocycles. The maximum Gasteiger partial charge on any atom is 0.409 e. The lowest BCUT2D eigenvalue weighted by molar-refractivity contribution is 0.210. The van der Waals surface area contributed by atoms with Gasteiger partial charge in [-0.15, -0.1) is 0 Å². The molecule has 1 aromatic carbocycles. The summed E-state index contributed by atoms with van der Waals surface area (Å²) < 4.78 is 13.5. The minimum atomic E-state index is -1.18. The highest BCUT2D eigenvalue weighted by Crippen LogP contribution is 2.27. The van der Waals surface area contributed by atoms with Crippen molar-refractivity contribution < 1.29 is 14.3 Å². The van der Waals surface area contributed by atoms with Crippen molar-refractivity contribution >= 4 is 50.1 Å². The zero-order valence-electron chi connectivity index (χ0n) is 12.8. The summed E-state index contributed by atoms with van der Waals surface area (Å²) in [6.07, 6.45) is 0.194. The van der Waals surface area contributed by atoms with Crippen LogP contribution in [-0.4, -0.2) is 21.2 Å². The van der Waals surface area contributed by atoms with E-state index in [1.165, 1.54) is 18.3 Å². The van der Waals surface area contributed by atoms with Gasteiger partial charge in [-0.2, -0.15) is 0 Å². The second-order valence-electron chi connectivity index (χ2n) is 5.23. The van der Waals surface area contributed by atoms with E-state index in [2.05, 4.69) is 20.6 Å². The molecule has 25 heavy (non-hydrogen) atoms. The predicted molar refractivity (Wildman–Crippen MR) is 95.3 cm³/mol. The van der Waals surface area contributed by atoms with Crippen LogP contribution in [0.1, 0.15) is 18.5 Å². The molecular weight excluding hydrogens is 371 g/mol. The Labute approximate surface area is 149 Å². The van der Waals surface area contributed by atoms with Gasteiger partial charge in [0.1, 0.15) is 10.8 Å². The highest BCUT2D eigenvalue weighted by molar-refractivity contribution is 7.19. The van der Waals surface area contributed by atoms with Crippen molar-refractivity contribution in [1.82, 2.24) is 9.97 Å². The van der Waals surface area contributed by atoms with Crippen molar-refractivity contribution in [2.45, 2.75) is 13.0 Å². The molecule has 0 radical (unpaired) electrons. The molecule has 10 heteroatoms. The highest BCUT2D eigenvalue weighted by atomic mass is 35.5. The fraction of sp³-hybridized carbons (Fsp3) is 0.133. The van der Waals surface area contributed by atoms with Gasteiger partial charge < -0.3 is 15.4 Å².